The number of amides is 1. The number of halogens is 1. The van der Waals surface area contributed by atoms with E-state index in [0.717, 1.165) is 103 Å². The number of anilines is 4. The summed E-state index contributed by atoms with van der Waals surface area (Å²) in [7, 11) is 5.73. The first-order chi connectivity index (χ1) is 31.5. The molecule has 0 radical (unpaired) electrons. The highest BCUT2D eigenvalue weighted by Crippen LogP contribution is 2.44. The smallest absolute Gasteiger partial charge is 0.272 e. The van der Waals surface area contributed by atoms with E-state index in [0.29, 0.717) is 52.3 Å². The Morgan fingerprint density at radius 3 is 2.32 bits per heavy atom. The van der Waals surface area contributed by atoms with Crippen LogP contribution in [0.1, 0.15) is 65.7 Å². The fourth-order valence-electron chi connectivity index (χ4n) is 9.31. The first kappa shape index (κ1) is 43.2. The molecule has 1 amide bonds. The number of likely N-dealkylation sites (N-methyl/N-ethyl adjacent to an activating group) is 1. The maximum absolute atomic E-state index is 13.3. The van der Waals surface area contributed by atoms with Crippen molar-refractivity contribution >= 4 is 51.3 Å². The highest BCUT2D eigenvalue weighted by molar-refractivity contribution is 6.31. The van der Waals surface area contributed by atoms with Gasteiger partial charge in [-0.3, -0.25) is 14.3 Å². The Balaban J connectivity index is 0.832. The molecule has 1 saturated carbocycles. The van der Waals surface area contributed by atoms with Crippen molar-refractivity contribution in [3.05, 3.63) is 111 Å². The van der Waals surface area contributed by atoms with Gasteiger partial charge in [0.1, 0.15) is 17.6 Å². The number of rotatable bonds is 10. The number of pyridine rings is 1. The SMILES string of the molecule is Cc1cc2c(N3CCN(C)c4cc(-c5cnn(C)c5)c(C#N)cc43)cc(OCC3CCN(c4ccc(C(=O)NC5CCC(Oc6ccc(C#N)c(Cl)c6)CC5)nn4)CC3)cc2n(C)c1=O. The lowest BCUT2D eigenvalue weighted by atomic mass is 9.93. The zero-order chi connectivity index (χ0) is 45.4. The number of aromatic nitrogens is 5. The lowest BCUT2D eigenvalue weighted by Gasteiger charge is -2.38. The van der Waals surface area contributed by atoms with Crippen molar-refractivity contribution in [1.82, 2.24) is 29.9 Å². The molecule has 1 aliphatic carbocycles. The average molecular weight is 892 g/mol. The van der Waals surface area contributed by atoms with Crippen LogP contribution >= 0.6 is 11.6 Å². The summed E-state index contributed by atoms with van der Waals surface area (Å²) in [6.45, 7) is 5.31. The number of benzene rings is 3. The van der Waals surface area contributed by atoms with Crippen molar-refractivity contribution in [3.8, 4) is 34.8 Å². The predicted octanol–water partition coefficient (Wildman–Crippen LogP) is 7.44. The number of nitriles is 2. The lowest BCUT2D eigenvalue weighted by molar-refractivity contribution is 0.0888. The number of hydrogen-bond donors (Lipinski definition) is 1. The molecular weight excluding hydrogens is 842 g/mol. The third-order valence-corrected chi connectivity index (χ3v) is 13.4. The van der Waals surface area contributed by atoms with Crippen LogP contribution < -0.4 is 35.0 Å². The normalized spacial score (nSPS) is 17.6. The summed E-state index contributed by atoms with van der Waals surface area (Å²) in [5.41, 5.74) is 7.15. The number of nitrogens with zero attached hydrogens (tertiary/aromatic N) is 10. The third kappa shape index (κ3) is 8.89. The van der Waals surface area contributed by atoms with Crippen molar-refractivity contribution < 1.29 is 14.3 Å². The largest absolute Gasteiger partial charge is 0.493 e. The van der Waals surface area contributed by atoms with Crippen molar-refractivity contribution in [2.24, 2.45) is 20.0 Å². The molecule has 3 aromatic heterocycles. The predicted molar refractivity (Wildman–Crippen MR) is 250 cm³/mol. The maximum Gasteiger partial charge on any atom is 0.272 e. The van der Waals surface area contributed by atoms with E-state index in [2.05, 4.69) is 66.6 Å². The molecule has 0 atom stereocenters. The summed E-state index contributed by atoms with van der Waals surface area (Å²) in [6.07, 6.45) is 8.59. The van der Waals surface area contributed by atoms with Gasteiger partial charge in [0.15, 0.2) is 11.5 Å². The summed E-state index contributed by atoms with van der Waals surface area (Å²) < 4.78 is 16.1. The molecule has 3 aliphatic rings. The van der Waals surface area contributed by atoms with Crippen LogP contribution in [0.3, 0.4) is 0 Å². The highest BCUT2D eigenvalue weighted by Gasteiger charge is 2.29. The minimum atomic E-state index is -0.242. The van der Waals surface area contributed by atoms with Crippen molar-refractivity contribution in [3.63, 3.8) is 0 Å². The Morgan fingerprint density at radius 1 is 0.846 bits per heavy atom. The number of aryl methyl sites for hydroxylation is 3. The van der Waals surface area contributed by atoms with E-state index < -0.39 is 0 Å². The minimum absolute atomic E-state index is 0.00861. The number of fused-ring (bicyclic) bond motifs is 2. The van der Waals surface area contributed by atoms with Gasteiger partial charge in [-0.25, -0.2) is 0 Å². The molecular formula is C49H50ClN11O4. The molecule has 6 aromatic rings. The average Bonchev–Trinajstić information content (AvgIpc) is 3.76. The zero-order valence-electron chi connectivity index (χ0n) is 36.9. The second-order valence-electron chi connectivity index (χ2n) is 17.4. The molecule has 16 heteroatoms. The molecule has 0 bridgehead atoms. The molecule has 9 rings (SSSR count). The quantitative estimate of drug-likeness (QED) is 0.145. The van der Waals surface area contributed by atoms with E-state index in [1.165, 1.54) is 0 Å². The van der Waals surface area contributed by atoms with Crippen molar-refractivity contribution in [2.45, 2.75) is 57.6 Å². The van der Waals surface area contributed by atoms with Crippen LogP contribution in [0, 0.1) is 35.5 Å². The van der Waals surface area contributed by atoms with E-state index in [1.807, 2.05) is 44.4 Å². The van der Waals surface area contributed by atoms with Gasteiger partial charge < -0.3 is 34.1 Å². The van der Waals surface area contributed by atoms with Gasteiger partial charge in [-0.2, -0.15) is 15.6 Å². The van der Waals surface area contributed by atoms with Crippen molar-refractivity contribution in [2.75, 3.05) is 54.5 Å². The molecule has 5 heterocycles. The number of ether oxygens (including phenoxy) is 2. The van der Waals surface area contributed by atoms with Crippen LogP contribution in [-0.2, 0) is 14.1 Å². The molecule has 2 aliphatic heterocycles. The van der Waals surface area contributed by atoms with Gasteiger partial charge in [0.05, 0.1) is 63.7 Å². The second kappa shape index (κ2) is 18.2. The lowest BCUT2D eigenvalue weighted by Crippen LogP contribution is -2.40. The van der Waals surface area contributed by atoms with Crippen LogP contribution in [0.25, 0.3) is 22.0 Å². The Morgan fingerprint density at radius 2 is 1.63 bits per heavy atom. The highest BCUT2D eigenvalue weighted by atomic mass is 35.5. The van der Waals surface area contributed by atoms with Crippen LogP contribution in [0.15, 0.2) is 77.9 Å². The number of nitrogens with one attached hydrogen (secondary N) is 1. The van der Waals surface area contributed by atoms with E-state index in [1.54, 1.807) is 46.8 Å². The number of piperidine rings is 1. The van der Waals surface area contributed by atoms with Gasteiger partial charge in [0, 0.05) is 99.8 Å². The maximum atomic E-state index is 13.3. The van der Waals surface area contributed by atoms with Gasteiger partial charge in [-0.05, 0) is 93.8 Å². The molecule has 3 aromatic carbocycles. The Hall–Kier alpha value is -7.10. The van der Waals surface area contributed by atoms with Gasteiger partial charge in [0.2, 0.25) is 0 Å². The number of hydrogen-bond acceptors (Lipinski definition) is 12. The van der Waals surface area contributed by atoms with E-state index >= 15 is 0 Å². The first-order valence-electron chi connectivity index (χ1n) is 22.0. The van der Waals surface area contributed by atoms with Crippen LogP contribution in [0.2, 0.25) is 5.02 Å². The fraction of sp³-hybridized carbons (Fsp3) is 0.367. The van der Waals surface area contributed by atoms with E-state index in [4.69, 9.17) is 26.3 Å². The zero-order valence-corrected chi connectivity index (χ0v) is 37.7. The molecule has 332 valence electrons. The Bertz CT molecular complexity index is 2920. The van der Waals surface area contributed by atoms with E-state index in [-0.39, 0.29) is 29.3 Å². The topological polar surface area (TPSA) is 170 Å². The van der Waals surface area contributed by atoms with Crippen LogP contribution in [-0.4, -0.2) is 82.4 Å². The molecule has 1 saturated heterocycles. The minimum Gasteiger partial charge on any atom is -0.493 e. The Labute approximate surface area is 382 Å². The first-order valence-corrected chi connectivity index (χ1v) is 22.4. The summed E-state index contributed by atoms with van der Waals surface area (Å²) in [4.78, 5) is 33.1. The van der Waals surface area contributed by atoms with E-state index in [9.17, 15) is 14.9 Å². The molecule has 0 spiro atoms. The standard InChI is InChI=1S/C49H50ClN11O4/c1-30-19-40-43(59(4)49(30)63)22-38(23-44(40)61-18-17-57(2)45-24-39(33(26-52)20-46(45)61)34-27-53-58(3)28-34)64-29-31-13-15-60(16-14-31)47-12-11-42(55-56-47)48(62)54-35-6-9-36(10-7-35)65-37-8-5-32(25-51)41(50)21-37/h5,8,11-12,19-24,27-28,31,35-36H,6-7,9-10,13-18,29H2,1-4H3,(H,54,62). The van der Waals surface area contributed by atoms with Crippen LogP contribution in [0.5, 0.6) is 11.5 Å². The summed E-state index contributed by atoms with van der Waals surface area (Å²) in [5.74, 6) is 2.10. The summed E-state index contributed by atoms with van der Waals surface area (Å²) in [6, 6.07) is 23.2. The van der Waals surface area contributed by atoms with Gasteiger partial charge in [-0.15, -0.1) is 10.2 Å². The van der Waals surface area contributed by atoms with Crippen molar-refractivity contribution in [1.29, 1.82) is 10.5 Å². The van der Waals surface area contributed by atoms with Gasteiger partial charge >= 0.3 is 0 Å². The van der Waals surface area contributed by atoms with Crippen LogP contribution in [0.4, 0.5) is 22.9 Å². The molecule has 15 nitrogen and oxygen atoms in total. The second-order valence-corrected chi connectivity index (χ2v) is 17.8. The molecule has 0 unspecified atom stereocenters. The number of carbonyl (C=O) groups is 1. The molecule has 65 heavy (non-hydrogen) atoms. The number of carbonyl (C=O) groups excluding carboxylic acids is 1. The molecule has 2 fully saturated rings. The summed E-state index contributed by atoms with van der Waals surface area (Å²) >= 11 is 6.17. The monoisotopic (exact) mass is 891 g/mol. The van der Waals surface area contributed by atoms with Gasteiger partial charge in [0.25, 0.3) is 11.5 Å². The third-order valence-electron chi connectivity index (χ3n) is 13.1. The summed E-state index contributed by atoms with van der Waals surface area (Å²) in [5, 5.41) is 37.0. The van der Waals surface area contributed by atoms with Gasteiger partial charge in [-0.1, -0.05) is 11.6 Å². The fourth-order valence-corrected chi connectivity index (χ4v) is 9.52. The Kier molecular flexibility index (Phi) is 12.1. The molecule has 1 N–H and O–H groups in total.